The summed E-state index contributed by atoms with van der Waals surface area (Å²) >= 11 is 1.45. The molecule has 0 spiro atoms. The van der Waals surface area contributed by atoms with Gasteiger partial charge in [0.15, 0.2) is 0 Å². The summed E-state index contributed by atoms with van der Waals surface area (Å²) in [6, 6.07) is 0.248. The van der Waals surface area contributed by atoms with Crippen molar-refractivity contribution in [3.8, 4) is 0 Å². The molecule has 2 rings (SSSR count). The zero-order chi connectivity index (χ0) is 13.3. The standard InChI is InChI=1S/C13H21N3OS.2ClH/c1-13(2,3)11-10(18-8-15-11)12(17)16-6-4-9(14)5-7-16;;/h8-9H,4-7,14H2,1-3H3;2*1H. The quantitative estimate of drug-likeness (QED) is 0.855. The molecule has 0 unspecified atom stereocenters. The van der Waals surface area contributed by atoms with E-state index in [2.05, 4.69) is 25.8 Å². The summed E-state index contributed by atoms with van der Waals surface area (Å²) in [5.41, 5.74) is 8.46. The second-order valence-corrected chi connectivity index (χ2v) is 6.76. The van der Waals surface area contributed by atoms with Crippen LogP contribution in [-0.2, 0) is 5.41 Å². The molecule has 0 aromatic carbocycles. The summed E-state index contributed by atoms with van der Waals surface area (Å²) in [4.78, 5) is 19.6. The van der Waals surface area contributed by atoms with Crippen molar-refractivity contribution in [3.05, 3.63) is 16.1 Å². The van der Waals surface area contributed by atoms with Crippen LogP contribution >= 0.6 is 36.2 Å². The SMILES string of the molecule is CC(C)(C)c1ncsc1C(=O)N1CCC(N)CC1.Cl.Cl. The Hall–Kier alpha value is -0.360. The Kier molecular flexibility index (Phi) is 7.46. The average molecular weight is 340 g/mol. The maximum absolute atomic E-state index is 12.5. The van der Waals surface area contributed by atoms with Crippen LogP contribution in [0.4, 0.5) is 0 Å². The molecule has 7 heteroatoms. The number of hydrogen-bond donors (Lipinski definition) is 1. The van der Waals surface area contributed by atoms with Crippen LogP contribution < -0.4 is 5.73 Å². The smallest absolute Gasteiger partial charge is 0.265 e. The van der Waals surface area contributed by atoms with E-state index in [1.165, 1.54) is 11.3 Å². The van der Waals surface area contributed by atoms with E-state index in [9.17, 15) is 4.79 Å². The highest BCUT2D eigenvalue weighted by Gasteiger charge is 2.29. The molecule has 4 nitrogen and oxygen atoms in total. The van der Waals surface area contributed by atoms with Crippen molar-refractivity contribution >= 4 is 42.1 Å². The average Bonchev–Trinajstić information content (AvgIpc) is 2.77. The predicted octanol–water partition coefficient (Wildman–Crippen LogP) is 2.85. The van der Waals surface area contributed by atoms with Crippen molar-refractivity contribution in [2.24, 2.45) is 5.73 Å². The summed E-state index contributed by atoms with van der Waals surface area (Å²) in [6.07, 6.45) is 1.80. The first kappa shape index (κ1) is 19.6. The van der Waals surface area contributed by atoms with E-state index in [-0.39, 0.29) is 42.2 Å². The summed E-state index contributed by atoms with van der Waals surface area (Å²) < 4.78 is 0. The molecule has 1 saturated heterocycles. The number of rotatable bonds is 1. The largest absolute Gasteiger partial charge is 0.338 e. The number of likely N-dealkylation sites (tertiary alicyclic amines) is 1. The van der Waals surface area contributed by atoms with Crippen molar-refractivity contribution in [3.63, 3.8) is 0 Å². The van der Waals surface area contributed by atoms with Gasteiger partial charge in [-0.25, -0.2) is 4.98 Å². The fourth-order valence-corrected chi connectivity index (χ4v) is 3.14. The summed E-state index contributed by atoms with van der Waals surface area (Å²) in [7, 11) is 0. The van der Waals surface area contributed by atoms with Crippen LogP contribution in [0.2, 0.25) is 0 Å². The molecule has 1 aromatic heterocycles. The van der Waals surface area contributed by atoms with E-state index in [4.69, 9.17) is 5.73 Å². The lowest BCUT2D eigenvalue weighted by molar-refractivity contribution is 0.0717. The Bertz CT molecular complexity index is 437. The zero-order valence-corrected chi connectivity index (χ0v) is 14.5. The number of aromatic nitrogens is 1. The maximum Gasteiger partial charge on any atom is 0.265 e. The van der Waals surface area contributed by atoms with Crippen LogP contribution in [0.5, 0.6) is 0 Å². The van der Waals surface area contributed by atoms with Crippen molar-refractivity contribution in [2.75, 3.05) is 13.1 Å². The number of thiazole rings is 1. The first-order valence-electron chi connectivity index (χ1n) is 6.38. The van der Waals surface area contributed by atoms with E-state index in [1.807, 2.05) is 4.90 Å². The minimum atomic E-state index is -0.0861. The summed E-state index contributed by atoms with van der Waals surface area (Å²) in [5, 5.41) is 0. The van der Waals surface area contributed by atoms with Gasteiger partial charge in [0.2, 0.25) is 0 Å². The first-order valence-corrected chi connectivity index (χ1v) is 7.26. The van der Waals surface area contributed by atoms with E-state index in [0.717, 1.165) is 36.5 Å². The van der Waals surface area contributed by atoms with Gasteiger partial charge in [0.1, 0.15) is 4.88 Å². The zero-order valence-electron chi connectivity index (χ0n) is 12.1. The molecule has 0 aliphatic carbocycles. The lowest BCUT2D eigenvalue weighted by Gasteiger charge is -2.30. The van der Waals surface area contributed by atoms with Crippen LogP contribution in [-0.4, -0.2) is 34.9 Å². The van der Waals surface area contributed by atoms with Gasteiger partial charge in [0, 0.05) is 24.5 Å². The Morgan fingerprint density at radius 3 is 2.40 bits per heavy atom. The maximum atomic E-state index is 12.5. The highest BCUT2D eigenvalue weighted by atomic mass is 35.5. The summed E-state index contributed by atoms with van der Waals surface area (Å²) in [5.74, 6) is 0.120. The fourth-order valence-electron chi connectivity index (χ4n) is 2.18. The highest BCUT2D eigenvalue weighted by molar-refractivity contribution is 7.11. The molecule has 0 saturated carbocycles. The lowest BCUT2D eigenvalue weighted by Crippen LogP contribution is -2.43. The molecular formula is C13H23Cl2N3OS. The van der Waals surface area contributed by atoms with Gasteiger partial charge in [0.05, 0.1) is 11.2 Å². The molecular weight excluding hydrogens is 317 g/mol. The second-order valence-electron chi connectivity index (χ2n) is 5.91. The monoisotopic (exact) mass is 339 g/mol. The van der Waals surface area contributed by atoms with Crippen molar-refractivity contribution in [2.45, 2.75) is 45.1 Å². The van der Waals surface area contributed by atoms with E-state index in [1.54, 1.807) is 5.51 Å². The Balaban J connectivity index is 0.00000180. The van der Waals surface area contributed by atoms with Gasteiger partial charge >= 0.3 is 0 Å². The third-order valence-electron chi connectivity index (χ3n) is 3.30. The fraction of sp³-hybridized carbons (Fsp3) is 0.692. The Morgan fingerprint density at radius 2 is 1.90 bits per heavy atom. The highest BCUT2D eigenvalue weighted by Crippen LogP contribution is 2.28. The molecule has 1 aromatic rings. The predicted molar refractivity (Wildman–Crippen MR) is 88.4 cm³/mol. The number of carbonyl (C=O) groups excluding carboxylic acids is 1. The van der Waals surface area contributed by atoms with Gasteiger partial charge in [-0.2, -0.15) is 0 Å². The normalized spacial score (nSPS) is 16.3. The molecule has 1 amide bonds. The number of carbonyl (C=O) groups is 1. The molecule has 0 atom stereocenters. The Morgan fingerprint density at radius 1 is 1.35 bits per heavy atom. The molecule has 1 aliphatic rings. The van der Waals surface area contributed by atoms with Crippen LogP contribution in [0.15, 0.2) is 5.51 Å². The molecule has 0 bridgehead atoms. The van der Waals surface area contributed by atoms with Crippen LogP contribution in [0.3, 0.4) is 0 Å². The molecule has 116 valence electrons. The van der Waals surface area contributed by atoms with Crippen LogP contribution in [0, 0.1) is 0 Å². The summed E-state index contributed by atoms with van der Waals surface area (Å²) in [6.45, 7) is 7.80. The van der Waals surface area contributed by atoms with E-state index >= 15 is 0 Å². The topological polar surface area (TPSA) is 59.2 Å². The first-order chi connectivity index (χ1) is 8.39. The number of piperidine rings is 1. The van der Waals surface area contributed by atoms with Gasteiger partial charge < -0.3 is 10.6 Å². The van der Waals surface area contributed by atoms with Gasteiger partial charge in [0.25, 0.3) is 5.91 Å². The third kappa shape index (κ3) is 4.32. The van der Waals surface area contributed by atoms with Crippen LogP contribution in [0.25, 0.3) is 0 Å². The Labute approximate surface area is 137 Å². The third-order valence-corrected chi connectivity index (χ3v) is 4.11. The number of amides is 1. The molecule has 1 aliphatic heterocycles. The van der Waals surface area contributed by atoms with Crippen LogP contribution in [0.1, 0.15) is 49.0 Å². The van der Waals surface area contributed by atoms with E-state index in [0.29, 0.717) is 0 Å². The van der Waals surface area contributed by atoms with Gasteiger partial charge in [-0.05, 0) is 12.8 Å². The number of halogens is 2. The molecule has 1 fully saturated rings. The minimum Gasteiger partial charge on any atom is -0.338 e. The molecule has 2 heterocycles. The van der Waals surface area contributed by atoms with Gasteiger partial charge in [-0.15, -0.1) is 36.2 Å². The number of hydrogen-bond acceptors (Lipinski definition) is 4. The second kappa shape index (κ2) is 7.59. The minimum absolute atomic E-state index is 0. The van der Waals surface area contributed by atoms with Gasteiger partial charge in [-0.1, -0.05) is 20.8 Å². The molecule has 2 N–H and O–H groups in total. The lowest BCUT2D eigenvalue weighted by atomic mass is 9.91. The number of nitrogens with two attached hydrogens (primary N) is 1. The van der Waals surface area contributed by atoms with Crippen molar-refractivity contribution in [1.82, 2.24) is 9.88 Å². The number of nitrogens with zero attached hydrogens (tertiary/aromatic N) is 2. The van der Waals surface area contributed by atoms with E-state index < -0.39 is 0 Å². The molecule has 20 heavy (non-hydrogen) atoms. The van der Waals surface area contributed by atoms with Gasteiger partial charge in [-0.3, -0.25) is 4.79 Å². The van der Waals surface area contributed by atoms with Crippen molar-refractivity contribution in [1.29, 1.82) is 0 Å². The molecule has 0 radical (unpaired) electrons. The van der Waals surface area contributed by atoms with Crippen molar-refractivity contribution < 1.29 is 4.79 Å².